The lowest BCUT2D eigenvalue weighted by Crippen LogP contribution is -2.19. The molecule has 2 aromatic carbocycles. The van der Waals surface area contributed by atoms with E-state index in [1.807, 2.05) is 60.9 Å². The van der Waals surface area contributed by atoms with Gasteiger partial charge in [0.15, 0.2) is 5.16 Å². The molecule has 1 aliphatic heterocycles. The zero-order valence-electron chi connectivity index (χ0n) is 17.7. The summed E-state index contributed by atoms with van der Waals surface area (Å²) in [5.41, 5.74) is 3.87. The lowest BCUT2D eigenvalue weighted by atomic mass is 10.2. The average molecular weight is 439 g/mol. The van der Waals surface area contributed by atoms with Crippen LogP contribution in [0, 0.1) is 13.8 Å². The van der Waals surface area contributed by atoms with E-state index in [4.69, 9.17) is 9.47 Å². The van der Waals surface area contributed by atoms with E-state index in [1.54, 1.807) is 6.33 Å². The molecule has 1 atom stereocenters. The van der Waals surface area contributed by atoms with Crippen molar-refractivity contribution >= 4 is 23.4 Å². The van der Waals surface area contributed by atoms with Gasteiger partial charge in [-0.1, -0.05) is 35.5 Å². The summed E-state index contributed by atoms with van der Waals surface area (Å²) < 4.78 is 13.5. The molecule has 1 aliphatic rings. The molecule has 4 rings (SSSR count). The third-order valence-corrected chi connectivity index (χ3v) is 5.96. The molecule has 31 heavy (non-hydrogen) atoms. The second-order valence-electron chi connectivity index (χ2n) is 7.60. The van der Waals surface area contributed by atoms with Gasteiger partial charge in [-0.05, 0) is 56.5 Å². The molecule has 1 saturated heterocycles. The molecule has 162 valence electrons. The summed E-state index contributed by atoms with van der Waals surface area (Å²) in [5, 5.41) is 11.8. The maximum Gasteiger partial charge on any atom is 0.234 e. The molecule has 3 aromatic rings. The molecule has 1 aromatic heterocycles. The molecule has 0 spiro atoms. The standard InChI is InChI=1S/C23H26N4O3S/c1-16-5-8-18(9-6-16)27-15-24-26-23(27)31-14-22(28)25-20-10-7-17(2)12-21(20)30-13-19-4-3-11-29-19/h5-10,12,15,19H,3-4,11,13-14H2,1-2H3,(H,25,28). The molecule has 0 radical (unpaired) electrons. The number of thioether (sulfide) groups is 1. The number of anilines is 1. The monoisotopic (exact) mass is 438 g/mol. The Morgan fingerprint density at radius 1 is 1.23 bits per heavy atom. The fourth-order valence-electron chi connectivity index (χ4n) is 3.33. The van der Waals surface area contributed by atoms with Crippen molar-refractivity contribution in [1.29, 1.82) is 0 Å². The van der Waals surface area contributed by atoms with Crippen LogP contribution in [0.2, 0.25) is 0 Å². The Labute approximate surface area is 186 Å². The number of carbonyl (C=O) groups excluding carboxylic acids is 1. The fraction of sp³-hybridized carbons (Fsp3) is 0.348. The van der Waals surface area contributed by atoms with Gasteiger partial charge in [-0.2, -0.15) is 0 Å². The third-order valence-electron chi connectivity index (χ3n) is 5.02. The summed E-state index contributed by atoms with van der Waals surface area (Å²) in [5.74, 6) is 0.745. The number of rotatable bonds is 8. The molecule has 0 aliphatic carbocycles. The number of aryl methyl sites for hydroxylation is 2. The number of aromatic nitrogens is 3. The maximum absolute atomic E-state index is 12.6. The van der Waals surface area contributed by atoms with Crippen molar-refractivity contribution in [2.75, 3.05) is 24.3 Å². The van der Waals surface area contributed by atoms with Crippen LogP contribution in [0.3, 0.4) is 0 Å². The predicted octanol–water partition coefficient (Wildman–Crippen LogP) is 4.17. The first-order valence-electron chi connectivity index (χ1n) is 10.3. The summed E-state index contributed by atoms with van der Waals surface area (Å²) >= 11 is 1.34. The predicted molar refractivity (Wildman–Crippen MR) is 121 cm³/mol. The van der Waals surface area contributed by atoms with Crippen molar-refractivity contribution < 1.29 is 14.3 Å². The minimum atomic E-state index is -0.130. The molecule has 1 unspecified atom stereocenters. The molecular formula is C23H26N4O3S. The Morgan fingerprint density at radius 3 is 2.81 bits per heavy atom. The van der Waals surface area contributed by atoms with Gasteiger partial charge < -0.3 is 14.8 Å². The van der Waals surface area contributed by atoms with E-state index in [2.05, 4.69) is 15.5 Å². The number of nitrogens with zero attached hydrogens (tertiary/aromatic N) is 3. The van der Waals surface area contributed by atoms with Crippen LogP contribution in [0.4, 0.5) is 5.69 Å². The number of ether oxygens (including phenoxy) is 2. The molecule has 1 amide bonds. The van der Waals surface area contributed by atoms with Crippen LogP contribution in [-0.2, 0) is 9.53 Å². The van der Waals surface area contributed by atoms with Crippen molar-refractivity contribution in [3.05, 3.63) is 59.9 Å². The Balaban J connectivity index is 1.37. The van der Waals surface area contributed by atoms with Crippen molar-refractivity contribution in [2.24, 2.45) is 0 Å². The van der Waals surface area contributed by atoms with Crippen molar-refractivity contribution in [2.45, 2.75) is 37.9 Å². The zero-order valence-corrected chi connectivity index (χ0v) is 18.5. The Bertz CT molecular complexity index is 1030. The summed E-state index contributed by atoms with van der Waals surface area (Å²) in [6.07, 6.45) is 3.84. The average Bonchev–Trinajstić information content (AvgIpc) is 3.45. The topological polar surface area (TPSA) is 78.3 Å². The highest BCUT2D eigenvalue weighted by atomic mass is 32.2. The maximum atomic E-state index is 12.6. The van der Waals surface area contributed by atoms with Gasteiger partial charge >= 0.3 is 0 Å². The van der Waals surface area contributed by atoms with Gasteiger partial charge in [0.05, 0.1) is 17.5 Å². The number of nitrogens with one attached hydrogen (secondary N) is 1. The minimum Gasteiger partial charge on any atom is -0.489 e. The van der Waals surface area contributed by atoms with Crippen LogP contribution in [0.1, 0.15) is 24.0 Å². The van der Waals surface area contributed by atoms with E-state index in [0.29, 0.717) is 23.2 Å². The Kier molecular flexibility index (Phi) is 6.89. The summed E-state index contributed by atoms with van der Waals surface area (Å²) in [7, 11) is 0. The number of carbonyl (C=O) groups is 1. The largest absolute Gasteiger partial charge is 0.489 e. The quantitative estimate of drug-likeness (QED) is 0.532. The second kappa shape index (κ2) is 9.98. The highest BCUT2D eigenvalue weighted by molar-refractivity contribution is 7.99. The van der Waals surface area contributed by atoms with E-state index >= 15 is 0 Å². The summed E-state index contributed by atoms with van der Waals surface area (Å²) in [6.45, 7) is 5.31. The van der Waals surface area contributed by atoms with Crippen molar-refractivity contribution in [1.82, 2.24) is 14.8 Å². The van der Waals surface area contributed by atoms with Gasteiger partial charge in [0.25, 0.3) is 0 Å². The fourth-order valence-corrected chi connectivity index (χ4v) is 4.06. The molecule has 0 bridgehead atoms. The van der Waals surface area contributed by atoms with E-state index in [1.165, 1.54) is 17.3 Å². The van der Waals surface area contributed by atoms with Crippen LogP contribution in [0.25, 0.3) is 5.69 Å². The summed E-state index contributed by atoms with van der Waals surface area (Å²) in [4.78, 5) is 12.6. The van der Waals surface area contributed by atoms with E-state index in [0.717, 1.165) is 30.7 Å². The molecule has 0 saturated carbocycles. The van der Waals surface area contributed by atoms with Crippen LogP contribution < -0.4 is 10.1 Å². The number of amides is 1. The molecule has 2 heterocycles. The Morgan fingerprint density at radius 2 is 2.03 bits per heavy atom. The Hall–Kier alpha value is -2.84. The first-order valence-corrected chi connectivity index (χ1v) is 11.3. The second-order valence-corrected chi connectivity index (χ2v) is 8.54. The van der Waals surface area contributed by atoms with Crippen LogP contribution in [-0.4, -0.2) is 45.7 Å². The summed E-state index contributed by atoms with van der Waals surface area (Å²) in [6, 6.07) is 13.8. The number of benzene rings is 2. The number of hydrogen-bond acceptors (Lipinski definition) is 6. The molecular weight excluding hydrogens is 412 g/mol. The first-order chi connectivity index (χ1) is 15.1. The van der Waals surface area contributed by atoms with Crippen LogP contribution in [0.15, 0.2) is 53.9 Å². The van der Waals surface area contributed by atoms with Gasteiger partial charge in [-0.3, -0.25) is 9.36 Å². The molecule has 1 fully saturated rings. The number of hydrogen-bond donors (Lipinski definition) is 1. The lowest BCUT2D eigenvalue weighted by Gasteiger charge is -2.16. The third kappa shape index (κ3) is 5.65. The van der Waals surface area contributed by atoms with E-state index in [9.17, 15) is 4.79 Å². The molecule has 1 N–H and O–H groups in total. The van der Waals surface area contributed by atoms with Gasteiger partial charge in [0.1, 0.15) is 18.7 Å². The smallest absolute Gasteiger partial charge is 0.234 e. The highest BCUT2D eigenvalue weighted by Crippen LogP contribution is 2.28. The van der Waals surface area contributed by atoms with Gasteiger partial charge in [0, 0.05) is 12.3 Å². The van der Waals surface area contributed by atoms with E-state index in [-0.39, 0.29) is 17.8 Å². The van der Waals surface area contributed by atoms with Gasteiger partial charge in [0.2, 0.25) is 5.91 Å². The van der Waals surface area contributed by atoms with Gasteiger partial charge in [-0.25, -0.2) is 0 Å². The normalized spacial score (nSPS) is 15.7. The molecule has 7 nitrogen and oxygen atoms in total. The zero-order chi connectivity index (χ0) is 21.6. The van der Waals surface area contributed by atoms with Crippen molar-refractivity contribution in [3.8, 4) is 11.4 Å². The van der Waals surface area contributed by atoms with Gasteiger partial charge in [-0.15, -0.1) is 10.2 Å². The lowest BCUT2D eigenvalue weighted by molar-refractivity contribution is -0.113. The van der Waals surface area contributed by atoms with Crippen LogP contribution >= 0.6 is 11.8 Å². The molecule has 8 heteroatoms. The van der Waals surface area contributed by atoms with Crippen molar-refractivity contribution in [3.63, 3.8) is 0 Å². The van der Waals surface area contributed by atoms with Crippen LogP contribution in [0.5, 0.6) is 5.75 Å². The van der Waals surface area contributed by atoms with E-state index < -0.39 is 0 Å². The SMILES string of the molecule is Cc1ccc(-n2cnnc2SCC(=O)Nc2ccc(C)cc2OCC2CCCO2)cc1. The minimum absolute atomic E-state index is 0.118. The first kappa shape index (κ1) is 21.4. The highest BCUT2D eigenvalue weighted by Gasteiger charge is 2.18.